The summed E-state index contributed by atoms with van der Waals surface area (Å²) in [5, 5.41) is 0. The highest BCUT2D eigenvalue weighted by molar-refractivity contribution is 5.97. The molecule has 0 amide bonds. The van der Waals surface area contributed by atoms with E-state index < -0.39 is 0 Å². The molecule has 0 unspecified atom stereocenters. The summed E-state index contributed by atoms with van der Waals surface area (Å²) < 4.78 is 5.46. The van der Waals surface area contributed by atoms with Crippen LogP contribution in [0.2, 0.25) is 0 Å². The van der Waals surface area contributed by atoms with Crippen LogP contribution in [0.25, 0.3) is 11.1 Å². The van der Waals surface area contributed by atoms with Crippen LogP contribution in [0.4, 0.5) is 0 Å². The van der Waals surface area contributed by atoms with Gasteiger partial charge in [-0.2, -0.15) is 0 Å². The molecule has 2 aromatic rings. The van der Waals surface area contributed by atoms with Crippen molar-refractivity contribution < 1.29 is 9.53 Å². The number of carbonyl (C=O) groups is 1. The van der Waals surface area contributed by atoms with Crippen molar-refractivity contribution in [2.75, 3.05) is 6.61 Å². The molecular weight excluding hydrogens is 284 g/mol. The number of rotatable bonds is 9. The normalized spacial score (nSPS) is 10.5. The van der Waals surface area contributed by atoms with Crippen LogP contribution >= 0.6 is 0 Å². The van der Waals surface area contributed by atoms with Gasteiger partial charge in [0.1, 0.15) is 0 Å². The Hall–Kier alpha value is -2.09. The van der Waals surface area contributed by atoms with Gasteiger partial charge < -0.3 is 4.74 Å². The molecule has 0 fully saturated rings. The van der Waals surface area contributed by atoms with E-state index in [4.69, 9.17) is 4.74 Å². The van der Waals surface area contributed by atoms with Crippen molar-refractivity contribution in [1.82, 2.24) is 0 Å². The minimum absolute atomic E-state index is 0.224. The summed E-state index contributed by atoms with van der Waals surface area (Å²) in [6, 6.07) is 17.6. The molecule has 0 aliphatic carbocycles. The van der Waals surface area contributed by atoms with Crippen molar-refractivity contribution in [3.05, 3.63) is 60.2 Å². The van der Waals surface area contributed by atoms with Crippen molar-refractivity contribution in [2.24, 2.45) is 0 Å². The topological polar surface area (TPSA) is 26.3 Å². The fourth-order valence-electron chi connectivity index (χ4n) is 2.66. The summed E-state index contributed by atoms with van der Waals surface area (Å²) >= 11 is 0. The molecule has 0 aliphatic rings. The summed E-state index contributed by atoms with van der Waals surface area (Å²) in [4.78, 5) is 12.4. The molecule has 0 radical (unpaired) electrons. The number of hydrogen-bond acceptors (Lipinski definition) is 2. The average molecular weight is 310 g/mol. The van der Waals surface area contributed by atoms with E-state index in [-0.39, 0.29) is 5.97 Å². The van der Waals surface area contributed by atoms with Gasteiger partial charge >= 0.3 is 5.97 Å². The lowest BCUT2D eigenvalue weighted by atomic mass is 10.00. The molecule has 0 atom stereocenters. The summed E-state index contributed by atoms with van der Waals surface area (Å²) in [5.74, 6) is -0.224. The van der Waals surface area contributed by atoms with E-state index in [1.165, 1.54) is 25.7 Å². The third-order valence-corrected chi connectivity index (χ3v) is 3.96. The Morgan fingerprint density at radius 2 is 1.48 bits per heavy atom. The van der Waals surface area contributed by atoms with Gasteiger partial charge in [-0.05, 0) is 23.6 Å². The molecule has 23 heavy (non-hydrogen) atoms. The molecule has 0 saturated carbocycles. The van der Waals surface area contributed by atoms with Gasteiger partial charge in [0.05, 0.1) is 12.2 Å². The van der Waals surface area contributed by atoms with Crippen LogP contribution in [0.3, 0.4) is 0 Å². The molecular formula is C21H26O2. The molecule has 0 aliphatic heterocycles. The molecule has 2 heteroatoms. The van der Waals surface area contributed by atoms with Crippen LogP contribution in [0.1, 0.15) is 55.8 Å². The highest BCUT2D eigenvalue weighted by Crippen LogP contribution is 2.24. The van der Waals surface area contributed by atoms with Crippen LogP contribution in [0.5, 0.6) is 0 Å². The van der Waals surface area contributed by atoms with Crippen LogP contribution in [0, 0.1) is 0 Å². The molecule has 2 nitrogen and oxygen atoms in total. The molecule has 0 bridgehead atoms. The maximum absolute atomic E-state index is 12.4. The summed E-state index contributed by atoms with van der Waals surface area (Å²) in [7, 11) is 0. The number of hydrogen-bond donors (Lipinski definition) is 0. The monoisotopic (exact) mass is 310 g/mol. The van der Waals surface area contributed by atoms with Gasteiger partial charge in [-0.3, -0.25) is 0 Å². The lowest BCUT2D eigenvalue weighted by Crippen LogP contribution is -2.08. The zero-order valence-corrected chi connectivity index (χ0v) is 14.0. The number of benzene rings is 2. The fraction of sp³-hybridized carbons (Fsp3) is 0.381. The van der Waals surface area contributed by atoms with E-state index in [9.17, 15) is 4.79 Å². The van der Waals surface area contributed by atoms with Gasteiger partial charge in [0.25, 0.3) is 0 Å². The van der Waals surface area contributed by atoms with Crippen molar-refractivity contribution >= 4 is 5.97 Å². The Labute approximate surface area is 139 Å². The van der Waals surface area contributed by atoms with Gasteiger partial charge in [-0.15, -0.1) is 0 Å². The lowest BCUT2D eigenvalue weighted by Gasteiger charge is -2.10. The summed E-state index contributed by atoms with van der Waals surface area (Å²) in [6.07, 6.45) is 7.14. The highest BCUT2D eigenvalue weighted by atomic mass is 16.5. The highest BCUT2D eigenvalue weighted by Gasteiger charge is 2.13. The molecule has 2 aromatic carbocycles. The molecule has 0 aromatic heterocycles. The standard InChI is InChI=1S/C21H26O2/c1-2-3-4-5-6-12-17-23-21(22)20-16-11-10-15-19(20)18-13-8-7-9-14-18/h7-11,13-16H,2-6,12,17H2,1H3. The Kier molecular flexibility index (Phi) is 7.38. The van der Waals surface area contributed by atoms with Crippen LogP contribution in [0.15, 0.2) is 54.6 Å². The van der Waals surface area contributed by atoms with E-state index in [1.54, 1.807) is 0 Å². The molecule has 2 rings (SSSR count). The van der Waals surface area contributed by atoms with Gasteiger partial charge in [0.15, 0.2) is 0 Å². The second kappa shape index (κ2) is 9.83. The van der Waals surface area contributed by atoms with E-state index in [0.717, 1.165) is 24.0 Å². The number of ether oxygens (including phenoxy) is 1. The van der Waals surface area contributed by atoms with Crippen LogP contribution < -0.4 is 0 Å². The van der Waals surface area contributed by atoms with Gasteiger partial charge in [-0.25, -0.2) is 4.79 Å². The molecule has 0 saturated heterocycles. The smallest absolute Gasteiger partial charge is 0.338 e. The van der Waals surface area contributed by atoms with Crippen molar-refractivity contribution in [3.63, 3.8) is 0 Å². The minimum atomic E-state index is -0.224. The fourth-order valence-corrected chi connectivity index (χ4v) is 2.66. The lowest BCUT2D eigenvalue weighted by molar-refractivity contribution is 0.0498. The van der Waals surface area contributed by atoms with Gasteiger partial charge in [0, 0.05) is 0 Å². The first-order chi connectivity index (χ1) is 11.3. The third-order valence-electron chi connectivity index (χ3n) is 3.96. The predicted octanol–water partition coefficient (Wildman–Crippen LogP) is 5.87. The zero-order valence-electron chi connectivity index (χ0n) is 14.0. The largest absolute Gasteiger partial charge is 0.462 e. The second-order valence-corrected chi connectivity index (χ2v) is 5.82. The van der Waals surface area contributed by atoms with E-state index in [0.29, 0.717) is 12.2 Å². The zero-order chi connectivity index (χ0) is 16.3. The molecule has 0 N–H and O–H groups in total. The number of carbonyl (C=O) groups excluding carboxylic acids is 1. The third kappa shape index (κ3) is 5.55. The summed E-state index contributed by atoms with van der Waals surface area (Å²) in [5.41, 5.74) is 2.62. The van der Waals surface area contributed by atoms with Crippen molar-refractivity contribution in [3.8, 4) is 11.1 Å². The maximum Gasteiger partial charge on any atom is 0.338 e. The van der Waals surface area contributed by atoms with Crippen LogP contribution in [-0.4, -0.2) is 12.6 Å². The Balaban J connectivity index is 1.88. The quantitative estimate of drug-likeness (QED) is 0.427. The SMILES string of the molecule is CCCCCCCCOC(=O)c1ccccc1-c1ccccc1. The first-order valence-corrected chi connectivity index (χ1v) is 8.64. The van der Waals surface area contributed by atoms with Crippen molar-refractivity contribution in [1.29, 1.82) is 0 Å². The summed E-state index contributed by atoms with van der Waals surface area (Å²) in [6.45, 7) is 2.72. The number of unbranched alkanes of at least 4 members (excludes halogenated alkanes) is 5. The van der Waals surface area contributed by atoms with E-state index in [1.807, 2.05) is 54.6 Å². The predicted molar refractivity (Wildman–Crippen MR) is 95.5 cm³/mol. The van der Waals surface area contributed by atoms with E-state index >= 15 is 0 Å². The Morgan fingerprint density at radius 1 is 0.826 bits per heavy atom. The minimum Gasteiger partial charge on any atom is -0.462 e. The number of esters is 1. The Bertz CT molecular complexity index is 590. The molecule has 0 heterocycles. The Morgan fingerprint density at radius 3 is 2.26 bits per heavy atom. The first-order valence-electron chi connectivity index (χ1n) is 8.64. The average Bonchev–Trinajstić information content (AvgIpc) is 2.61. The van der Waals surface area contributed by atoms with Crippen molar-refractivity contribution in [2.45, 2.75) is 45.4 Å². The van der Waals surface area contributed by atoms with E-state index in [2.05, 4.69) is 6.92 Å². The van der Waals surface area contributed by atoms with Crippen LogP contribution in [-0.2, 0) is 4.74 Å². The maximum atomic E-state index is 12.4. The molecule has 122 valence electrons. The second-order valence-electron chi connectivity index (χ2n) is 5.82. The van der Waals surface area contributed by atoms with Gasteiger partial charge in [0.2, 0.25) is 0 Å². The molecule has 0 spiro atoms. The first kappa shape index (κ1) is 17.3. The van der Waals surface area contributed by atoms with Gasteiger partial charge in [-0.1, -0.05) is 87.6 Å².